The monoisotopic (exact) mass is 361 g/mol. The molecule has 0 radical (unpaired) electrons. The molecule has 0 spiro atoms. The molecule has 2 heterocycles. The van der Waals surface area contributed by atoms with Crippen LogP contribution in [0, 0.1) is 0 Å². The van der Waals surface area contributed by atoms with Crippen LogP contribution in [0.1, 0.15) is 28.8 Å². The molecule has 1 saturated heterocycles. The topological polar surface area (TPSA) is 47.4 Å². The molecule has 5 heteroatoms. The summed E-state index contributed by atoms with van der Waals surface area (Å²) >= 11 is 0. The molecule has 1 aliphatic heterocycles. The fourth-order valence-corrected chi connectivity index (χ4v) is 3.56. The average molecular weight is 361 g/mol. The van der Waals surface area contributed by atoms with Gasteiger partial charge in [-0.3, -0.25) is 9.48 Å². The third-order valence-corrected chi connectivity index (χ3v) is 4.93. The zero-order valence-corrected chi connectivity index (χ0v) is 15.5. The number of amides is 1. The Morgan fingerprint density at radius 1 is 1.04 bits per heavy atom. The van der Waals surface area contributed by atoms with Crippen LogP contribution in [-0.4, -0.2) is 40.8 Å². The SMILES string of the molecule is COc1ccccc1-c1nn(Cc2ccccc2)cc1C(=O)N1CCCC1. The number of carbonyl (C=O) groups is 1. The Balaban J connectivity index is 1.76. The molecule has 1 aliphatic rings. The summed E-state index contributed by atoms with van der Waals surface area (Å²) in [4.78, 5) is 15.1. The van der Waals surface area contributed by atoms with Gasteiger partial charge in [-0.1, -0.05) is 42.5 Å². The van der Waals surface area contributed by atoms with E-state index in [-0.39, 0.29) is 5.91 Å². The van der Waals surface area contributed by atoms with E-state index < -0.39 is 0 Å². The molecule has 1 aromatic heterocycles. The normalized spacial score (nSPS) is 13.7. The second kappa shape index (κ2) is 7.66. The number of benzene rings is 2. The highest BCUT2D eigenvalue weighted by Gasteiger charge is 2.26. The van der Waals surface area contributed by atoms with Gasteiger partial charge in [0.15, 0.2) is 0 Å². The molecular formula is C22H23N3O2. The molecule has 4 rings (SSSR count). The smallest absolute Gasteiger partial charge is 0.257 e. The second-order valence-electron chi connectivity index (χ2n) is 6.77. The number of ether oxygens (including phenoxy) is 1. The van der Waals surface area contributed by atoms with Crippen LogP contribution >= 0.6 is 0 Å². The summed E-state index contributed by atoms with van der Waals surface area (Å²) in [6.07, 6.45) is 4.00. The number of hydrogen-bond donors (Lipinski definition) is 0. The Hall–Kier alpha value is -3.08. The van der Waals surface area contributed by atoms with Crippen LogP contribution in [0.15, 0.2) is 60.8 Å². The Bertz CT molecular complexity index is 928. The predicted molar refractivity (Wildman–Crippen MR) is 105 cm³/mol. The molecule has 5 nitrogen and oxygen atoms in total. The van der Waals surface area contributed by atoms with E-state index in [4.69, 9.17) is 9.84 Å². The van der Waals surface area contributed by atoms with Crippen LogP contribution in [0.25, 0.3) is 11.3 Å². The van der Waals surface area contributed by atoms with E-state index in [1.807, 2.05) is 58.2 Å². The van der Waals surface area contributed by atoms with Gasteiger partial charge in [-0.05, 0) is 30.5 Å². The number of para-hydroxylation sites is 1. The third kappa shape index (κ3) is 3.58. The minimum absolute atomic E-state index is 0.0488. The van der Waals surface area contributed by atoms with Gasteiger partial charge in [0.1, 0.15) is 11.4 Å². The van der Waals surface area contributed by atoms with E-state index in [9.17, 15) is 4.79 Å². The summed E-state index contributed by atoms with van der Waals surface area (Å²) < 4.78 is 7.36. The van der Waals surface area contributed by atoms with E-state index in [0.29, 0.717) is 17.8 Å². The second-order valence-corrected chi connectivity index (χ2v) is 6.77. The van der Waals surface area contributed by atoms with E-state index in [0.717, 1.165) is 42.8 Å². The molecule has 0 saturated carbocycles. The Kier molecular flexibility index (Phi) is 4.92. The summed E-state index contributed by atoms with van der Waals surface area (Å²) in [7, 11) is 1.64. The van der Waals surface area contributed by atoms with E-state index in [1.54, 1.807) is 7.11 Å². The van der Waals surface area contributed by atoms with E-state index in [2.05, 4.69) is 12.1 Å². The standard InChI is InChI=1S/C22H23N3O2/c1-27-20-12-6-5-11-18(20)21-19(22(26)24-13-7-8-14-24)16-25(23-21)15-17-9-3-2-4-10-17/h2-6,9-12,16H,7-8,13-15H2,1H3. The van der Waals surface area contributed by atoms with Crippen LogP contribution in [0.3, 0.4) is 0 Å². The molecule has 3 aromatic rings. The van der Waals surface area contributed by atoms with Crippen molar-refractivity contribution in [3.8, 4) is 17.0 Å². The first-order valence-electron chi connectivity index (χ1n) is 9.30. The Morgan fingerprint density at radius 3 is 2.48 bits per heavy atom. The quantitative estimate of drug-likeness (QED) is 0.694. The van der Waals surface area contributed by atoms with E-state index in [1.165, 1.54) is 0 Å². The number of likely N-dealkylation sites (tertiary alicyclic amines) is 1. The lowest BCUT2D eigenvalue weighted by Gasteiger charge is -2.15. The summed E-state index contributed by atoms with van der Waals surface area (Å²) in [5.41, 5.74) is 3.30. The molecule has 0 aliphatic carbocycles. The van der Waals surface area contributed by atoms with Crippen molar-refractivity contribution in [2.24, 2.45) is 0 Å². The van der Waals surface area contributed by atoms with Crippen LogP contribution < -0.4 is 4.74 Å². The van der Waals surface area contributed by atoms with Crippen molar-refractivity contribution in [3.63, 3.8) is 0 Å². The van der Waals surface area contributed by atoms with Crippen LogP contribution in [0.5, 0.6) is 5.75 Å². The van der Waals surface area contributed by atoms with Gasteiger partial charge in [0, 0.05) is 24.8 Å². The van der Waals surface area contributed by atoms with Crippen molar-refractivity contribution in [1.29, 1.82) is 0 Å². The zero-order valence-electron chi connectivity index (χ0n) is 15.5. The molecule has 0 atom stereocenters. The lowest BCUT2D eigenvalue weighted by molar-refractivity contribution is 0.0793. The first kappa shape index (κ1) is 17.3. The van der Waals surface area contributed by atoms with Crippen molar-refractivity contribution in [2.45, 2.75) is 19.4 Å². The first-order chi connectivity index (χ1) is 13.3. The molecule has 1 fully saturated rings. The number of hydrogen-bond acceptors (Lipinski definition) is 3. The Morgan fingerprint density at radius 2 is 1.74 bits per heavy atom. The maximum Gasteiger partial charge on any atom is 0.257 e. The fraction of sp³-hybridized carbons (Fsp3) is 0.273. The van der Waals surface area contributed by atoms with Crippen LogP contribution in [0.4, 0.5) is 0 Å². The highest BCUT2D eigenvalue weighted by Crippen LogP contribution is 2.32. The number of nitrogens with zero attached hydrogens (tertiary/aromatic N) is 3. The molecule has 1 amide bonds. The zero-order chi connectivity index (χ0) is 18.6. The number of carbonyl (C=O) groups excluding carboxylic acids is 1. The maximum atomic E-state index is 13.1. The molecule has 27 heavy (non-hydrogen) atoms. The van der Waals surface area contributed by atoms with Gasteiger partial charge < -0.3 is 9.64 Å². The molecule has 0 N–H and O–H groups in total. The number of aromatic nitrogens is 2. The van der Waals surface area contributed by atoms with E-state index >= 15 is 0 Å². The lowest BCUT2D eigenvalue weighted by Crippen LogP contribution is -2.27. The summed E-state index contributed by atoms with van der Waals surface area (Å²) in [5.74, 6) is 0.769. The minimum Gasteiger partial charge on any atom is -0.496 e. The van der Waals surface area contributed by atoms with Gasteiger partial charge >= 0.3 is 0 Å². The molecular weight excluding hydrogens is 338 g/mol. The third-order valence-electron chi connectivity index (χ3n) is 4.93. The first-order valence-corrected chi connectivity index (χ1v) is 9.30. The van der Waals surface area contributed by atoms with Crippen molar-refractivity contribution < 1.29 is 9.53 Å². The van der Waals surface area contributed by atoms with Gasteiger partial charge in [0.25, 0.3) is 5.91 Å². The van der Waals surface area contributed by atoms with Gasteiger partial charge in [-0.25, -0.2) is 0 Å². The largest absolute Gasteiger partial charge is 0.496 e. The van der Waals surface area contributed by atoms with Gasteiger partial charge in [0.05, 0.1) is 19.2 Å². The van der Waals surface area contributed by atoms with Crippen molar-refractivity contribution >= 4 is 5.91 Å². The molecule has 2 aromatic carbocycles. The molecule has 0 bridgehead atoms. The van der Waals surface area contributed by atoms with Gasteiger partial charge in [0.2, 0.25) is 0 Å². The van der Waals surface area contributed by atoms with Crippen LogP contribution in [-0.2, 0) is 6.54 Å². The summed E-state index contributed by atoms with van der Waals surface area (Å²) in [6.45, 7) is 2.25. The number of methoxy groups -OCH3 is 1. The molecule has 138 valence electrons. The summed E-state index contributed by atoms with van der Waals surface area (Å²) in [6, 6.07) is 17.9. The Labute approximate surface area is 159 Å². The number of rotatable bonds is 5. The van der Waals surface area contributed by atoms with Crippen molar-refractivity contribution in [3.05, 3.63) is 71.9 Å². The van der Waals surface area contributed by atoms with Gasteiger partial charge in [-0.15, -0.1) is 0 Å². The maximum absolute atomic E-state index is 13.1. The fourth-order valence-electron chi connectivity index (χ4n) is 3.56. The van der Waals surface area contributed by atoms with Crippen molar-refractivity contribution in [2.75, 3.05) is 20.2 Å². The molecule has 0 unspecified atom stereocenters. The average Bonchev–Trinajstić information content (AvgIpc) is 3.38. The van der Waals surface area contributed by atoms with Gasteiger partial charge in [-0.2, -0.15) is 5.10 Å². The minimum atomic E-state index is 0.0488. The lowest BCUT2D eigenvalue weighted by atomic mass is 10.1. The van der Waals surface area contributed by atoms with Crippen LogP contribution in [0.2, 0.25) is 0 Å². The highest BCUT2D eigenvalue weighted by atomic mass is 16.5. The van der Waals surface area contributed by atoms with Crippen molar-refractivity contribution in [1.82, 2.24) is 14.7 Å². The summed E-state index contributed by atoms with van der Waals surface area (Å²) in [5, 5.41) is 4.77. The highest BCUT2D eigenvalue weighted by molar-refractivity contribution is 6.00. The predicted octanol–water partition coefficient (Wildman–Crippen LogP) is 3.84.